The van der Waals surface area contributed by atoms with Gasteiger partial charge in [-0.25, -0.2) is 4.79 Å². The number of carbonyl (C=O) groups excluding carboxylic acids is 1. The Balaban J connectivity index is 1.75. The zero-order valence-electron chi connectivity index (χ0n) is 21.0. The summed E-state index contributed by atoms with van der Waals surface area (Å²) in [7, 11) is 0. The molecule has 38 heavy (non-hydrogen) atoms. The molecule has 4 rings (SSSR count). The summed E-state index contributed by atoms with van der Waals surface area (Å²) in [6, 6.07) is 13.4. The third-order valence-electron chi connectivity index (χ3n) is 6.76. The highest BCUT2D eigenvalue weighted by Gasteiger charge is 2.33. The number of aromatic carboxylic acids is 1. The van der Waals surface area contributed by atoms with Crippen LogP contribution in [0.3, 0.4) is 0 Å². The van der Waals surface area contributed by atoms with Crippen LogP contribution >= 0.6 is 0 Å². The Labute approximate surface area is 219 Å². The van der Waals surface area contributed by atoms with Crippen molar-refractivity contribution < 1.29 is 27.9 Å². The monoisotopic (exact) mass is 525 g/mol. The van der Waals surface area contributed by atoms with Gasteiger partial charge in [-0.1, -0.05) is 37.5 Å². The molecule has 3 aromatic rings. The molecule has 1 amide bonds. The lowest BCUT2D eigenvalue weighted by Gasteiger charge is -2.30. The predicted molar refractivity (Wildman–Crippen MR) is 138 cm³/mol. The summed E-state index contributed by atoms with van der Waals surface area (Å²) >= 11 is 0. The number of benzene rings is 2. The van der Waals surface area contributed by atoms with Crippen molar-refractivity contribution in [2.75, 3.05) is 18.0 Å². The molecule has 1 N–H and O–H groups in total. The van der Waals surface area contributed by atoms with E-state index in [1.807, 2.05) is 4.90 Å². The van der Waals surface area contributed by atoms with Gasteiger partial charge in [0, 0.05) is 43.3 Å². The van der Waals surface area contributed by atoms with Crippen LogP contribution in [-0.2, 0) is 19.3 Å². The second kappa shape index (κ2) is 12.2. The molecule has 0 fully saturated rings. The molecule has 9 heteroatoms. The highest BCUT2D eigenvalue weighted by Crippen LogP contribution is 2.33. The fraction of sp³-hybridized carbons (Fsp3) is 0.345. The van der Waals surface area contributed by atoms with E-state index in [2.05, 4.69) is 4.98 Å². The van der Waals surface area contributed by atoms with Gasteiger partial charge in [-0.05, 0) is 66.9 Å². The van der Waals surface area contributed by atoms with E-state index in [4.69, 9.17) is 0 Å². The number of pyridine rings is 1. The number of rotatable bonds is 4. The van der Waals surface area contributed by atoms with Crippen LogP contribution in [0, 0.1) is 0 Å². The Bertz CT molecular complexity index is 1260. The summed E-state index contributed by atoms with van der Waals surface area (Å²) in [5, 5.41) is 9.65. The molecular weight excluding hydrogens is 495 g/mol. The molecule has 1 aliphatic heterocycles. The van der Waals surface area contributed by atoms with Crippen molar-refractivity contribution >= 4 is 17.6 Å². The van der Waals surface area contributed by atoms with Crippen LogP contribution in [0.15, 0.2) is 67.0 Å². The van der Waals surface area contributed by atoms with Crippen LogP contribution in [-0.4, -0.2) is 40.0 Å². The summed E-state index contributed by atoms with van der Waals surface area (Å²) in [5.41, 5.74) is 1.14. The molecular formula is C29H30F3N3O3. The number of aromatic nitrogens is 1. The molecule has 2 aromatic carbocycles. The van der Waals surface area contributed by atoms with E-state index in [1.54, 1.807) is 29.2 Å². The van der Waals surface area contributed by atoms with Gasteiger partial charge >= 0.3 is 12.1 Å². The largest absolute Gasteiger partial charge is 0.478 e. The van der Waals surface area contributed by atoms with Crippen molar-refractivity contribution in [3.63, 3.8) is 0 Å². The third kappa shape index (κ3) is 6.77. The van der Waals surface area contributed by atoms with Gasteiger partial charge in [-0.15, -0.1) is 0 Å². The maximum atomic E-state index is 13.7. The van der Waals surface area contributed by atoms with Gasteiger partial charge in [-0.2, -0.15) is 13.2 Å². The minimum Gasteiger partial charge on any atom is -0.478 e. The summed E-state index contributed by atoms with van der Waals surface area (Å²) in [5.74, 6) is -1.34. The lowest BCUT2D eigenvalue weighted by molar-refractivity contribution is -0.138. The Morgan fingerprint density at radius 1 is 0.868 bits per heavy atom. The molecule has 200 valence electrons. The number of anilines is 1. The maximum absolute atomic E-state index is 13.7. The van der Waals surface area contributed by atoms with Crippen LogP contribution in [0.1, 0.15) is 69.5 Å². The van der Waals surface area contributed by atoms with E-state index in [9.17, 15) is 27.9 Å². The first-order valence-electron chi connectivity index (χ1n) is 12.7. The lowest BCUT2D eigenvalue weighted by atomic mass is 10.0. The molecule has 0 spiro atoms. The molecule has 0 aliphatic carbocycles. The number of carboxylic acid groups (broad SMARTS) is 1. The maximum Gasteiger partial charge on any atom is 0.416 e. The van der Waals surface area contributed by atoms with Gasteiger partial charge < -0.3 is 10.0 Å². The van der Waals surface area contributed by atoms with Crippen molar-refractivity contribution in [3.05, 3.63) is 94.8 Å². The Morgan fingerprint density at radius 2 is 1.55 bits per heavy atom. The van der Waals surface area contributed by atoms with Crippen molar-refractivity contribution in [2.24, 2.45) is 0 Å². The zero-order chi connectivity index (χ0) is 27.1. The van der Waals surface area contributed by atoms with E-state index in [-0.39, 0.29) is 30.1 Å². The zero-order valence-corrected chi connectivity index (χ0v) is 21.0. The van der Waals surface area contributed by atoms with E-state index < -0.39 is 17.7 Å². The SMILES string of the molecule is O=C(O)c1ccc2c(c1)CN(Cc1ccccc1C(F)(F)F)CCCCCCCN2C(=O)c1ccncc1. The first-order chi connectivity index (χ1) is 18.2. The second-order valence-corrected chi connectivity index (χ2v) is 9.47. The molecule has 0 unspecified atom stereocenters. The molecule has 0 saturated carbocycles. The third-order valence-corrected chi connectivity index (χ3v) is 6.76. The number of nitrogens with zero attached hydrogens (tertiary/aromatic N) is 3. The predicted octanol–water partition coefficient (Wildman–Crippen LogP) is 6.41. The number of amides is 1. The van der Waals surface area contributed by atoms with Crippen LogP contribution in [0.2, 0.25) is 0 Å². The van der Waals surface area contributed by atoms with Crippen LogP contribution < -0.4 is 4.90 Å². The van der Waals surface area contributed by atoms with E-state index >= 15 is 0 Å². The fourth-order valence-electron chi connectivity index (χ4n) is 4.86. The van der Waals surface area contributed by atoms with Gasteiger partial charge in [-0.3, -0.25) is 14.7 Å². The van der Waals surface area contributed by atoms with E-state index in [0.29, 0.717) is 29.9 Å². The Kier molecular flexibility index (Phi) is 8.78. The van der Waals surface area contributed by atoms with Crippen LogP contribution in [0.25, 0.3) is 0 Å². The average Bonchev–Trinajstić information content (AvgIpc) is 2.89. The van der Waals surface area contributed by atoms with Gasteiger partial charge in [0.15, 0.2) is 0 Å². The smallest absolute Gasteiger partial charge is 0.416 e. The number of hydrogen-bond acceptors (Lipinski definition) is 4. The first kappa shape index (κ1) is 27.3. The molecule has 1 aliphatic rings. The van der Waals surface area contributed by atoms with Gasteiger partial charge in [0.2, 0.25) is 0 Å². The molecule has 0 saturated heterocycles. The molecule has 0 bridgehead atoms. The minimum absolute atomic E-state index is 0.0464. The standard InChI is InChI=1S/C29H30F3N3O3/c30-29(31,32)25-9-5-4-8-23(25)19-34-16-6-2-1-3-7-17-35(27(36)21-12-14-33-15-13-21)26-11-10-22(28(37)38)18-24(26)20-34/h4-5,8-15,18H,1-3,6-7,16-17,19-20H2,(H,37,38). The van der Waals surface area contributed by atoms with Crippen LogP contribution in [0.5, 0.6) is 0 Å². The van der Waals surface area contributed by atoms with E-state index in [0.717, 1.165) is 38.2 Å². The molecule has 6 nitrogen and oxygen atoms in total. The molecule has 2 heterocycles. The van der Waals surface area contributed by atoms with Crippen molar-refractivity contribution in [1.82, 2.24) is 9.88 Å². The first-order valence-corrected chi connectivity index (χ1v) is 12.7. The van der Waals surface area contributed by atoms with Gasteiger partial charge in [0.25, 0.3) is 5.91 Å². The number of alkyl halides is 3. The molecule has 0 radical (unpaired) electrons. The fourth-order valence-corrected chi connectivity index (χ4v) is 4.86. The highest BCUT2D eigenvalue weighted by atomic mass is 19.4. The Morgan fingerprint density at radius 3 is 2.26 bits per heavy atom. The normalized spacial score (nSPS) is 15.7. The average molecular weight is 526 g/mol. The number of hydrogen-bond donors (Lipinski definition) is 1. The van der Waals surface area contributed by atoms with Crippen molar-refractivity contribution in [1.29, 1.82) is 0 Å². The summed E-state index contributed by atoms with van der Waals surface area (Å²) < 4.78 is 41.1. The molecule has 1 aromatic heterocycles. The number of carbonyl (C=O) groups is 2. The lowest BCUT2D eigenvalue weighted by Crippen LogP contribution is -2.34. The summed E-state index contributed by atoms with van der Waals surface area (Å²) in [6.07, 6.45) is 2.95. The number of fused-ring (bicyclic) bond motifs is 1. The summed E-state index contributed by atoms with van der Waals surface area (Å²) in [6.45, 7) is 1.23. The van der Waals surface area contributed by atoms with E-state index in [1.165, 1.54) is 36.7 Å². The number of carboxylic acids is 1. The van der Waals surface area contributed by atoms with Gasteiger partial charge in [0.1, 0.15) is 0 Å². The minimum atomic E-state index is -4.48. The van der Waals surface area contributed by atoms with Crippen molar-refractivity contribution in [3.8, 4) is 0 Å². The van der Waals surface area contributed by atoms with Crippen LogP contribution in [0.4, 0.5) is 18.9 Å². The number of halogens is 3. The Hall–Kier alpha value is -3.72. The topological polar surface area (TPSA) is 73.7 Å². The van der Waals surface area contributed by atoms with Crippen molar-refractivity contribution in [2.45, 2.75) is 51.4 Å². The quantitative estimate of drug-likeness (QED) is 0.426. The molecule has 0 atom stereocenters. The highest BCUT2D eigenvalue weighted by molar-refractivity contribution is 6.06. The van der Waals surface area contributed by atoms with Gasteiger partial charge in [0.05, 0.1) is 11.1 Å². The second-order valence-electron chi connectivity index (χ2n) is 9.47. The summed E-state index contributed by atoms with van der Waals surface area (Å²) in [4.78, 5) is 32.9.